The number of nitrogens with zero attached hydrogens (tertiary/aromatic N) is 3. The lowest BCUT2D eigenvalue weighted by Crippen LogP contribution is -2.14. The molecule has 2 aromatic rings. The van der Waals surface area contributed by atoms with Crippen LogP contribution in [0.1, 0.15) is 11.1 Å². The number of benzene rings is 1. The van der Waals surface area contributed by atoms with Crippen LogP contribution in [0.15, 0.2) is 30.7 Å². The van der Waals surface area contributed by atoms with Gasteiger partial charge < -0.3 is 10.6 Å². The molecule has 4 nitrogen and oxygen atoms in total. The minimum absolute atomic E-state index is 0.579. The maximum Gasteiger partial charge on any atom is 0.159 e. The van der Waals surface area contributed by atoms with Crippen molar-refractivity contribution in [1.82, 2.24) is 9.97 Å². The van der Waals surface area contributed by atoms with Crippen molar-refractivity contribution < 1.29 is 0 Å². The Balaban J connectivity index is 2.44. The summed E-state index contributed by atoms with van der Waals surface area (Å²) in [5.41, 5.74) is 9.99. The van der Waals surface area contributed by atoms with E-state index in [1.54, 1.807) is 6.20 Å². The van der Waals surface area contributed by atoms with E-state index in [1.807, 2.05) is 11.9 Å². The Hall–Kier alpha value is -2.10. The molecule has 0 atom stereocenters. The van der Waals surface area contributed by atoms with Crippen molar-refractivity contribution in [2.24, 2.45) is 0 Å². The van der Waals surface area contributed by atoms with Crippen LogP contribution in [0.4, 0.5) is 17.2 Å². The Morgan fingerprint density at radius 3 is 2.65 bits per heavy atom. The van der Waals surface area contributed by atoms with Crippen molar-refractivity contribution in [3.8, 4) is 0 Å². The smallest absolute Gasteiger partial charge is 0.159 e. The van der Waals surface area contributed by atoms with Crippen LogP contribution in [-0.2, 0) is 0 Å². The van der Waals surface area contributed by atoms with Crippen LogP contribution in [0.2, 0.25) is 0 Å². The Bertz CT molecular complexity index is 537. The summed E-state index contributed by atoms with van der Waals surface area (Å²) in [5, 5.41) is 0. The molecule has 88 valence electrons. The summed E-state index contributed by atoms with van der Waals surface area (Å²) in [6.45, 7) is 4.16. The summed E-state index contributed by atoms with van der Waals surface area (Å²) >= 11 is 0. The van der Waals surface area contributed by atoms with Crippen molar-refractivity contribution in [2.75, 3.05) is 17.7 Å². The first-order valence-corrected chi connectivity index (χ1v) is 5.46. The number of aryl methyl sites for hydroxylation is 2. The molecule has 2 N–H and O–H groups in total. The van der Waals surface area contributed by atoms with E-state index in [4.69, 9.17) is 5.73 Å². The van der Waals surface area contributed by atoms with Crippen LogP contribution < -0.4 is 10.6 Å². The Kier molecular flexibility index (Phi) is 2.95. The molecular weight excluding hydrogens is 212 g/mol. The summed E-state index contributed by atoms with van der Waals surface area (Å²) in [6.07, 6.45) is 3.12. The third kappa shape index (κ3) is 2.20. The molecule has 0 bridgehead atoms. The highest BCUT2D eigenvalue weighted by molar-refractivity contribution is 5.71. The van der Waals surface area contributed by atoms with Gasteiger partial charge in [0.1, 0.15) is 6.33 Å². The third-order valence-corrected chi connectivity index (χ3v) is 2.75. The van der Waals surface area contributed by atoms with E-state index in [2.05, 4.69) is 42.0 Å². The molecule has 0 saturated carbocycles. The van der Waals surface area contributed by atoms with E-state index in [1.165, 1.54) is 17.5 Å². The highest BCUT2D eigenvalue weighted by Gasteiger charge is 2.10. The summed E-state index contributed by atoms with van der Waals surface area (Å²) in [6, 6.07) is 6.30. The van der Waals surface area contributed by atoms with Gasteiger partial charge in [0.25, 0.3) is 0 Å². The zero-order valence-electron chi connectivity index (χ0n) is 10.3. The minimum Gasteiger partial charge on any atom is -0.394 e. The van der Waals surface area contributed by atoms with Crippen LogP contribution in [0.25, 0.3) is 0 Å². The average Bonchev–Trinajstić information content (AvgIpc) is 2.29. The number of hydrogen-bond donors (Lipinski definition) is 1. The molecule has 0 aliphatic rings. The van der Waals surface area contributed by atoms with Gasteiger partial charge in [-0.1, -0.05) is 17.7 Å². The summed E-state index contributed by atoms with van der Waals surface area (Å²) in [7, 11) is 1.95. The molecule has 0 fully saturated rings. The van der Waals surface area contributed by atoms with Gasteiger partial charge in [0.05, 0.1) is 11.9 Å². The first-order chi connectivity index (χ1) is 8.09. The highest BCUT2D eigenvalue weighted by atomic mass is 15.2. The number of nitrogen functional groups attached to an aromatic ring is 1. The van der Waals surface area contributed by atoms with Crippen LogP contribution in [-0.4, -0.2) is 17.0 Å². The zero-order chi connectivity index (χ0) is 12.4. The van der Waals surface area contributed by atoms with Crippen LogP contribution >= 0.6 is 0 Å². The SMILES string of the molecule is Cc1ccc(N(C)c2ncncc2N)c(C)c1. The lowest BCUT2D eigenvalue weighted by molar-refractivity contribution is 1.08. The molecule has 1 aromatic heterocycles. The average molecular weight is 228 g/mol. The zero-order valence-corrected chi connectivity index (χ0v) is 10.3. The molecule has 0 unspecified atom stereocenters. The fourth-order valence-corrected chi connectivity index (χ4v) is 1.91. The van der Waals surface area contributed by atoms with Gasteiger partial charge in [-0.2, -0.15) is 0 Å². The van der Waals surface area contributed by atoms with Crippen molar-refractivity contribution in [3.63, 3.8) is 0 Å². The molecule has 0 amide bonds. The Labute approximate surface area is 101 Å². The second-order valence-electron chi connectivity index (χ2n) is 4.15. The predicted octanol–water partition coefficient (Wildman–Crippen LogP) is 2.44. The molecule has 4 heteroatoms. The van der Waals surface area contributed by atoms with Crippen molar-refractivity contribution >= 4 is 17.2 Å². The fraction of sp³-hybridized carbons (Fsp3) is 0.231. The molecule has 2 rings (SSSR count). The van der Waals surface area contributed by atoms with Gasteiger partial charge in [-0.15, -0.1) is 0 Å². The second-order valence-corrected chi connectivity index (χ2v) is 4.15. The molecule has 0 aliphatic heterocycles. The fourth-order valence-electron chi connectivity index (χ4n) is 1.91. The molecule has 0 saturated heterocycles. The number of nitrogens with two attached hydrogens (primary N) is 1. The summed E-state index contributed by atoms with van der Waals surface area (Å²) < 4.78 is 0. The standard InChI is InChI=1S/C13H16N4/c1-9-4-5-12(10(2)6-9)17(3)13-11(14)7-15-8-16-13/h4-8H,14H2,1-3H3. The van der Waals surface area contributed by atoms with E-state index < -0.39 is 0 Å². The third-order valence-electron chi connectivity index (χ3n) is 2.75. The van der Waals surface area contributed by atoms with Gasteiger partial charge in [-0.3, -0.25) is 0 Å². The minimum atomic E-state index is 0.579. The maximum absolute atomic E-state index is 5.87. The molecule has 0 aliphatic carbocycles. The lowest BCUT2D eigenvalue weighted by atomic mass is 10.1. The molecule has 17 heavy (non-hydrogen) atoms. The molecular formula is C13H16N4. The van der Waals surface area contributed by atoms with Crippen molar-refractivity contribution in [3.05, 3.63) is 41.9 Å². The second kappa shape index (κ2) is 4.41. The first kappa shape index (κ1) is 11.4. The summed E-state index contributed by atoms with van der Waals surface area (Å²) in [4.78, 5) is 10.1. The Morgan fingerprint density at radius 1 is 1.24 bits per heavy atom. The number of aromatic nitrogens is 2. The normalized spacial score (nSPS) is 10.3. The molecule has 0 spiro atoms. The van der Waals surface area contributed by atoms with Gasteiger partial charge in [0.2, 0.25) is 0 Å². The van der Waals surface area contributed by atoms with Crippen molar-refractivity contribution in [1.29, 1.82) is 0 Å². The van der Waals surface area contributed by atoms with Gasteiger partial charge in [-0.25, -0.2) is 9.97 Å². The van der Waals surface area contributed by atoms with Gasteiger partial charge in [0.15, 0.2) is 5.82 Å². The highest BCUT2D eigenvalue weighted by Crippen LogP contribution is 2.28. The van der Waals surface area contributed by atoms with Gasteiger partial charge >= 0.3 is 0 Å². The largest absolute Gasteiger partial charge is 0.394 e. The molecule has 0 radical (unpaired) electrons. The van der Waals surface area contributed by atoms with Crippen LogP contribution in [0.5, 0.6) is 0 Å². The van der Waals surface area contributed by atoms with E-state index in [0.29, 0.717) is 5.69 Å². The number of rotatable bonds is 2. The van der Waals surface area contributed by atoms with Gasteiger partial charge in [0, 0.05) is 12.7 Å². The maximum atomic E-state index is 5.87. The lowest BCUT2D eigenvalue weighted by Gasteiger charge is -2.21. The predicted molar refractivity (Wildman–Crippen MR) is 70.4 cm³/mol. The van der Waals surface area contributed by atoms with E-state index in [-0.39, 0.29) is 0 Å². The summed E-state index contributed by atoms with van der Waals surface area (Å²) in [5.74, 6) is 0.729. The number of anilines is 3. The topological polar surface area (TPSA) is 55.0 Å². The van der Waals surface area contributed by atoms with E-state index >= 15 is 0 Å². The molecule has 1 heterocycles. The monoisotopic (exact) mass is 228 g/mol. The quantitative estimate of drug-likeness (QED) is 0.857. The van der Waals surface area contributed by atoms with Crippen molar-refractivity contribution in [2.45, 2.75) is 13.8 Å². The number of hydrogen-bond acceptors (Lipinski definition) is 4. The molecule has 1 aromatic carbocycles. The van der Waals surface area contributed by atoms with E-state index in [9.17, 15) is 0 Å². The van der Waals surface area contributed by atoms with Gasteiger partial charge in [-0.05, 0) is 25.5 Å². The Morgan fingerprint density at radius 2 is 2.00 bits per heavy atom. The first-order valence-electron chi connectivity index (χ1n) is 5.46. The van der Waals surface area contributed by atoms with E-state index in [0.717, 1.165) is 11.5 Å². The van der Waals surface area contributed by atoms with Crippen LogP contribution in [0, 0.1) is 13.8 Å². The van der Waals surface area contributed by atoms with Crippen LogP contribution in [0.3, 0.4) is 0 Å².